The first-order valence-corrected chi connectivity index (χ1v) is 9.70. The van der Waals surface area contributed by atoms with Gasteiger partial charge in [0.05, 0.1) is 6.54 Å². The van der Waals surface area contributed by atoms with Gasteiger partial charge < -0.3 is 14.4 Å². The lowest BCUT2D eigenvalue weighted by molar-refractivity contribution is 0.0111. The van der Waals surface area contributed by atoms with E-state index >= 15 is 0 Å². The molecular weight excluding hydrogens is 357 g/mol. The second-order valence-corrected chi connectivity index (χ2v) is 8.18. The van der Waals surface area contributed by atoms with Gasteiger partial charge in [0.15, 0.2) is 0 Å². The molecule has 0 N–H and O–H groups in total. The normalized spacial score (nSPS) is 19.9. The van der Waals surface area contributed by atoms with Gasteiger partial charge in [-0.2, -0.15) is 0 Å². The zero-order valence-corrected chi connectivity index (χ0v) is 16.7. The number of amides is 1. The van der Waals surface area contributed by atoms with E-state index in [4.69, 9.17) is 9.47 Å². The molecule has 0 aromatic heterocycles. The number of hydrogen-bond acceptors (Lipinski definition) is 3. The lowest BCUT2D eigenvalue weighted by Gasteiger charge is -2.35. The first-order valence-electron chi connectivity index (χ1n) is 9.70. The molecule has 3 rings (SSSR count). The fourth-order valence-electron chi connectivity index (χ4n) is 3.32. The van der Waals surface area contributed by atoms with Crippen molar-refractivity contribution in [2.45, 2.75) is 51.5 Å². The maximum absolute atomic E-state index is 14.8. The average Bonchev–Trinajstić information content (AvgIpc) is 2.66. The lowest BCUT2D eigenvalue weighted by atomic mass is 9.88. The Morgan fingerprint density at radius 3 is 2.39 bits per heavy atom. The Labute approximate surface area is 166 Å². The maximum Gasteiger partial charge on any atom is 0.410 e. The van der Waals surface area contributed by atoms with Crippen LogP contribution in [0.1, 0.15) is 44.2 Å². The average molecular weight is 385 g/mol. The second-order valence-electron chi connectivity index (χ2n) is 8.18. The molecule has 1 saturated heterocycles. The largest absolute Gasteiger partial charge is 0.489 e. The van der Waals surface area contributed by atoms with Gasteiger partial charge >= 0.3 is 6.09 Å². The number of nitrogens with zero attached hydrogens (tertiary/aromatic N) is 1. The number of rotatable bonds is 4. The van der Waals surface area contributed by atoms with Crippen LogP contribution in [-0.2, 0) is 11.3 Å². The Bertz CT molecular complexity index is 771. The number of likely N-dealkylation sites (tertiary alicyclic amines) is 1. The molecule has 0 radical (unpaired) electrons. The van der Waals surface area contributed by atoms with Crippen LogP contribution in [0.25, 0.3) is 0 Å². The standard InChI is InChI=1S/C23H28FNO3/c1-23(2,3)28-22(26)25-14-13-20(21(24)15-25)18-9-11-19(12-10-18)27-16-17-7-5-4-6-8-17/h4-12,20-21H,13-16H2,1-3H3/t20-,21-/m0/s1. The third-order valence-electron chi connectivity index (χ3n) is 4.75. The minimum Gasteiger partial charge on any atom is -0.489 e. The number of alkyl halides is 1. The molecule has 1 heterocycles. The van der Waals surface area contributed by atoms with Gasteiger partial charge in [-0.1, -0.05) is 42.5 Å². The van der Waals surface area contributed by atoms with Gasteiger partial charge in [0.25, 0.3) is 0 Å². The highest BCUT2D eigenvalue weighted by Crippen LogP contribution is 2.32. The molecule has 0 saturated carbocycles. The Morgan fingerprint density at radius 1 is 1.11 bits per heavy atom. The van der Waals surface area contributed by atoms with Crippen LogP contribution in [-0.4, -0.2) is 35.9 Å². The lowest BCUT2D eigenvalue weighted by Crippen LogP contribution is -2.46. The fraction of sp³-hybridized carbons (Fsp3) is 0.435. The maximum atomic E-state index is 14.8. The van der Waals surface area contributed by atoms with E-state index in [2.05, 4.69) is 0 Å². The third kappa shape index (κ3) is 5.47. The fourth-order valence-corrected chi connectivity index (χ4v) is 3.32. The van der Waals surface area contributed by atoms with E-state index in [0.717, 1.165) is 16.9 Å². The van der Waals surface area contributed by atoms with Crippen molar-refractivity contribution >= 4 is 6.09 Å². The number of benzene rings is 2. The molecule has 1 fully saturated rings. The molecule has 0 spiro atoms. The van der Waals surface area contributed by atoms with Crippen molar-refractivity contribution in [3.63, 3.8) is 0 Å². The zero-order valence-electron chi connectivity index (χ0n) is 16.7. The van der Waals surface area contributed by atoms with Gasteiger partial charge in [0, 0.05) is 12.5 Å². The molecule has 1 aliphatic rings. The van der Waals surface area contributed by atoms with E-state index in [-0.39, 0.29) is 12.5 Å². The van der Waals surface area contributed by atoms with Crippen molar-refractivity contribution in [2.24, 2.45) is 0 Å². The minimum atomic E-state index is -1.11. The minimum absolute atomic E-state index is 0.0613. The van der Waals surface area contributed by atoms with Crippen LogP contribution in [0.5, 0.6) is 5.75 Å². The monoisotopic (exact) mass is 385 g/mol. The van der Waals surface area contributed by atoms with Crippen LogP contribution in [0.4, 0.5) is 9.18 Å². The van der Waals surface area contributed by atoms with E-state index < -0.39 is 17.9 Å². The molecule has 4 nitrogen and oxygen atoms in total. The molecule has 2 atom stereocenters. The molecule has 0 bridgehead atoms. The van der Waals surface area contributed by atoms with Crippen LogP contribution in [0, 0.1) is 0 Å². The Morgan fingerprint density at radius 2 is 1.79 bits per heavy atom. The summed E-state index contributed by atoms with van der Waals surface area (Å²) in [6.07, 6.45) is -0.986. The molecule has 1 amide bonds. The van der Waals surface area contributed by atoms with Gasteiger partial charge in [-0.3, -0.25) is 0 Å². The number of hydrogen-bond donors (Lipinski definition) is 0. The predicted molar refractivity (Wildman–Crippen MR) is 107 cm³/mol. The molecule has 1 aliphatic heterocycles. The SMILES string of the molecule is CC(C)(C)OC(=O)N1CC[C@@H](c2ccc(OCc3ccccc3)cc2)[C@@H](F)C1. The van der Waals surface area contributed by atoms with Crippen molar-refractivity contribution in [2.75, 3.05) is 13.1 Å². The number of carbonyl (C=O) groups excluding carboxylic acids is 1. The highest BCUT2D eigenvalue weighted by molar-refractivity contribution is 5.68. The van der Waals surface area contributed by atoms with Crippen molar-refractivity contribution in [3.8, 4) is 5.75 Å². The second kappa shape index (κ2) is 8.63. The van der Waals surface area contributed by atoms with Crippen molar-refractivity contribution in [1.29, 1.82) is 0 Å². The summed E-state index contributed by atoms with van der Waals surface area (Å²) in [4.78, 5) is 13.6. The van der Waals surface area contributed by atoms with Gasteiger partial charge in [0.2, 0.25) is 0 Å². The molecular formula is C23H28FNO3. The summed E-state index contributed by atoms with van der Waals surface area (Å²) in [5, 5.41) is 0. The number of halogens is 1. The molecule has 2 aromatic rings. The molecule has 2 aromatic carbocycles. The smallest absolute Gasteiger partial charge is 0.410 e. The Balaban J connectivity index is 1.55. The van der Waals surface area contributed by atoms with Gasteiger partial charge in [-0.15, -0.1) is 0 Å². The molecule has 150 valence electrons. The van der Waals surface area contributed by atoms with Crippen LogP contribution >= 0.6 is 0 Å². The first kappa shape index (κ1) is 20.2. The van der Waals surface area contributed by atoms with Crippen LogP contribution in [0.3, 0.4) is 0 Å². The third-order valence-corrected chi connectivity index (χ3v) is 4.75. The quantitative estimate of drug-likeness (QED) is 0.714. The topological polar surface area (TPSA) is 38.8 Å². The number of ether oxygens (including phenoxy) is 2. The highest BCUT2D eigenvalue weighted by atomic mass is 19.1. The van der Waals surface area contributed by atoms with E-state index in [1.54, 1.807) is 0 Å². The van der Waals surface area contributed by atoms with Gasteiger partial charge in [0.1, 0.15) is 24.1 Å². The summed E-state index contributed by atoms with van der Waals surface area (Å²) >= 11 is 0. The van der Waals surface area contributed by atoms with Crippen molar-refractivity contribution < 1.29 is 18.7 Å². The highest BCUT2D eigenvalue weighted by Gasteiger charge is 2.34. The van der Waals surface area contributed by atoms with Crippen LogP contribution in [0.15, 0.2) is 54.6 Å². The first-order chi connectivity index (χ1) is 13.3. The Hall–Kier alpha value is -2.56. The van der Waals surface area contributed by atoms with Crippen molar-refractivity contribution in [1.82, 2.24) is 4.90 Å². The number of carbonyl (C=O) groups is 1. The summed E-state index contributed by atoms with van der Waals surface area (Å²) in [6.45, 7) is 6.49. The van der Waals surface area contributed by atoms with Crippen LogP contribution < -0.4 is 4.74 Å². The summed E-state index contributed by atoms with van der Waals surface area (Å²) in [5.74, 6) is 0.538. The van der Waals surface area contributed by atoms with Crippen LogP contribution in [0.2, 0.25) is 0 Å². The van der Waals surface area contributed by atoms with E-state index in [9.17, 15) is 9.18 Å². The molecule has 28 heavy (non-hydrogen) atoms. The van der Waals surface area contributed by atoms with Gasteiger partial charge in [-0.05, 0) is 50.5 Å². The summed E-state index contributed by atoms with van der Waals surface area (Å²) in [5.41, 5.74) is 1.46. The summed E-state index contributed by atoms with van der Waals surface area (Å²) < 4.78 is 25.9. The zero-order chi connectivity index (χ0) is 20.1. The number of piperidine rings is 1. The summed E-state index contributed by atoms with van der Waals surface area (Å²) in [7, 11) is 0. The summed E-state index contributed by atoms with van der Waals surface area (Å²) in [6, 6.07) is 17.6. The predicted octanol–water partition coefficient (Wildman–Crippen LogP) is 5.33. The van der Waals surface area contributed by atoms with E-state index in [1.165, 1.54) is 4.90 Å². The van der Waals surface area contributed by atoms with Crippen molar-refractivity contribution in [3.05, 3.63) is 65.7 Å². The molecule has 0 unspecified atom stereocenters. The molecule has 5 heteroatoms. The Kier molecular flexibility index (Phi) is 6.22. The van der Waals surface area contributed by atoms with Gasteiger partial charge in [-0.25, -0.2) is 9.18 Å². The van der Waals surface area contributed by atoms with E-state index in [1.807, 2.05) is 75.4 Å². The molecule has 0 aliphatic carbocycles. The van der Waals surface area contributed by atoms with E-state index in [0.29, 0.717) is 19.6 Å².